The highest BCUT2D eigenvalue weighted by molar-refractivity contribution is 6.10. The predicted octanol–water partition coefficient (Wildman–Crippen LogP) is 7.96. The summed E-state index contributed by atoms with van der Waals surface area (Å²) in [6.07, 6.45) is 7.63. The van der Waals surface area contributed by atoms with Gasteiger partial charge in [-0.05, 0) is 48.4 Å². The fraction of sp³-hybridized carbons (Fsp3) is 0.333. The van der Waals surface area contributed by atoms with Crippen molar-refractivity contribution in [2.24, 2.45) is 0 Å². The summed E-state index contributed by atoms with van der Waals surface area (Å²) in [6.45, 7) is 2.21. The maximum atomic E-state index is 6.64. The molecule has 148 valence electrons. The monoisotopic (exact) mass is 383 g/mol. The van der Waals surface area contributed by atoms with Crippen LogP contribution in [0, 0.1) is 0 Å². The van der Waals surface area contributed by atoms with Crippen molar-refractivity contribution in [3.8, 4) is 0 Å². The summed E-state index contributed by atoms with van der Waals surface area (Å²) in [5, 5.41) is 2.47. The van der Waals surface area contributed by atoms with Gasteiger partial charge in [0.15, 0.2) is 5.58 Å². The topological polar surface area (TPSA) is 16.4 Å². The number of aryl methyl sites for hydroxylation is 1. The molecule has 2 heteroatoms. The van der Waals surface area contributed by atoms with Crippen LogP contribution in [-0.4, -0.2) is 7.05 Å². The zero-order valence-electron chi connectivity index (χ0n) is 17.4. The molecule has 4 aromatic rings. The summed E-state index contributed by atoms with van der Waals surface area (Å²) < 4.78 is 6.64. The maximum absolute atomic E-state index is 6.64. The van der Waals surface area contributed by atoms with E-state index in [0.29, 0.717) is 5.92 Å². The first-order valence-corrected chi connectivity index (χ1v) is 11.0. The van der Waals surface area contributed by atoms with Crippen LogP contribution in [0.2, 0.25) is 0 Å². The third-order valence-electron chi connectivity index (χ3n) is 6.67. The molecule has 1 aliphatic rings. The van der Waals surface area contributed by atoms with Gasteiger partial charge in [-0.15, -0.1) is 0 Å². The van der Waals surface area contributed by atoms with E-state index in [1.165, 1.54) is 59.7 Å². The summed E-state index contributed by atoms with van der Waals surface area (Å²) in [4.78, 5) is 2.28. The van der Waals surface area contributed by atoms with Crippen LogP contribution in [-0.2, 0) is 6.42 Å². The highest BCUT2D eigenvalue weighted by Gasteiger charge is 2.22. The van der Waals surface area contributed by atoms with E-state index in [2.05, 4.69) is 79.5 Å². The van der Waals surface area contributed by atoms with E-state index in [4.69, 9.17) is 4.42 Å². The van der Waals surface area contributed by atoms with Crippen molar-refractivity contribution >= 4 is 33.3 Å². The standard InChI is InChI=1S/C27H29NO/c1-3-19-11-7-8-17-24(19)28(2)25-18-10-16-23-22-15-9-14-21(26(22)29-27(23)25)20-12-5-4-6-13-20/h7-11,14-18,20H,3-6,12-13H2,1-2H3. The molecule has 0 saturated heterocycles. The maximum Gasteiger partial charge on any atom is 0.159 e. The number of nitrogens with zero attached hydrogens (tertiary/aromatic N) is 1. The Labute approximate surface area is 173 Å². The molecule has 1 fully saturated rings. The molecule has 0 unspecified atom stereocenters. The van der Waals surface area contributed by atoms with Crippen molar-refractivity contribution in [2.45, 2.75) is 51.4 Å². The van der Waals surface area contributed by atoms with E-state index in [-0.39, 0.29) is 0 Å². The Balaban J connectivity index is 1.68. The number of furan rings is 1. The Bertz CT molecular complexity index is 1150. The molecule has 1 aliphatic carbocycles. The van der Waals surface area contributed by atoms with Crippen molar-refractivity contribution in [1.82, 2.24) is 0 Å². The van der Waals surface area contributed by atoms with Gasteiger partial charge in [-0.3, -0.25) is 0 Å². The van der Waals surface area contributed by atoms with Crippen LogP contribution in [0.3, 0.4) is 0 Å². The third-order valence-corrected chi connectivity index (χ3v) is 6.67. The minimum absolute atomic E-state index is 0.634. The van der Waals surface area contributed by atoms with Crippen molar-refractivity contribution < 1.29 is 4.42 Å². The number of fused-ring (bicyclic) bond motifs is 3. The van der Waals surface area contributed by atoms with Gasteiger partial charge in [0.2, 0.25) is 0 Å². The third kappa shape index (κ3) is 3.11. The first-order valence-electron chi connectivity index (χ1n) is 11.0. The zero-order chi connectivity index (χ0) is 19.8. The molecule has 0 aliphatic heterocycles. The van der Waals surface area contributed by atoms with Gasteiger partial charge in [0, 0.05) is 23.5 Å². The molecular formula is C27H29NO. The molecular weight excluding hydrogens is 354 g/mol. The molecule has 29 heavy (non-hydrogen) atoms. The average Bonchev–Trinajstić information content (AvgIpc) is 3.18. The number of rotatable bonds is 4. The molecule has 1 heterocycles. The Hall–Kier alpha value is -2.74. The van der Waals surface area contributed by atoms with Gasteiger partial charge >= 0.3 is 0 Å². The van der Waals surface area contributed by atoms with Crippen LogP contribution in [0.4, 0.5) is 11.4 Å². The molecule has 0 radical (unpaired) electrons. The first-order chi connectivity index (χ1) is 14.3. The highest BCUT2D eigenvalue weighted by atomic mass is 16.3. The second-order valence-electron chi connectivity index (χ2n) is 8.36. The second kappa shape index (κ2) is 7.59. The fourth-order valence-electron chi connectivity index (χ4n) is 5.09. The van der Waals surface area contributed by atoms with Gasteiger partial charge in [-0.1, -0.05) is 74.7 Å². The lowest BCUT2D eigenvalue weighted by Crippen LogP contribution is -2.11. The first kappa shape index (κ1) is 18.3. The van der Waals surface area contributed by atoms with Crippen LogP contribution < -0.4 is 4.90 Å². The molecule has 0 bridgehead atoms. The summed E-state index contributed by atoms with van der Waals surface area (Å²) in [7, 11) is 2.15. The van der Waals surface area contributed by atoms with Gasteiger partial charge in [-0.2, -0.15) is 0 Å². The van der Waals surface area contributed by atoms with Crippen LogP contribution in [0.25, 0.3) is 21.9 Å². The molecule has 0 atom stereocenters. The molecule has 0 amide bonds. The van der Waals surface area contributed by atoms with Crippen molar-refractivity contribution in [3.05, 3.63) is 71.8 Å². The lowest BCUT2D eigenvalue weighted by atomic mass is 9.83. The highest BCUT2D eigenvalue weighted by Crippen LogP contribution is 2.42. The van der Waals surface area contributed by atoms with Gasteiger partial charge in [0.1, 0.15) is 5.58 Å². The molecule has 1 aromatic heterocycles. The SMILES string of the molecule is CCc1ccccc1N(C)c1cccc2c1oc1c(C3CCCCC3)cccc12. The van der Waals surface area contributed by atoms with E-state index in [0.717, 1.165) is 23.3 Å². The van der Waals surface area contributed by atoms with Crippen LogP contribution in [0.1, 0.15) is 56.1 Å². The molecule has 1 saturated carbocycles. The fourth-order valence-corrected chi connectivity index (χ4v) is 5.09. The molecule has 0 spiro atoms. The smallest absolute Gasteiger partial charge is 0.159 e. The van der Waals surface area contributed by atoms with E-state index >= 15 is 0 Å². The molecule has 3 aromatic carbocycles. The second-order valence-corrected chi connectivity index (χ2v) is 8.36. The summed E-state index contributed by atoms with van der Waals surface area (Å²) in [5.41, 5.74) is 7.23. The van der Waals surface area contributed by atoms with Crippen LogP contribution >= 0.6 is 0 Å². The largest absolute Gasteiger partial charge is 0.454 e. The number of para-hydroxylation sites is 3. The summed E-state index contributed by atoms with van der Waals surface area (Å²) in [5.74, 6) is 0.634. The van der Waals surface area contributed by atoms with Gasteiger partial charge in [-0.25, -0.2) is 0 Å². The van der Waals surface area contributed by atoms with Crippen LogP contribution in [0.15, 0.2) is 65.1 Å². The normalized spacial score (nSPS) is 15.2. The van der Waals surface area contributed by atoms with Crippen LogP contribution in [0.5, 0.6) is 0 Å². The number of hydrogen-bond acceptors (Lipinski definition) is 2. The average molecular weight is 384 g/mol. The molecule has 5 rings (SSSR count). The number of anilines is 2. The Morgan fingerprint density at radius 3 is 2.28 bits per heavy atom. The lowest BCUT2D eigenvalue weighted by molar-refractivity contribution is 0.442. The summed E-state index contributed by atoms with van der Waals surface area (Å²) in [6, 6.07) is 21.9. The molecule has 2 nitrogen and oxygen atoms in total. The Kier molecular flexibility index (Phi) is 4.79. The quantitative estimate of drug-likeness (QED) is 0.355. The predicted molar refractivity (Wildman–Crippen MR) is 123 cm³/mol. The van der Waals surface area contributed by atoms with Gasteiger partial charge in [0.05, 0.1) is 5.69 Å². The van der Waals surface area contributed by atoms with Gasteiger partial charge in [0.25, 0.3) is 0 Å². The Morgan fingerprint density at radius 1 is 0.793 bits per heavy atom. The van der Waals surface area contributed by atoms with E-state index in [1.54, 1.807) is 0 Å². The number of hydrogen-bond donors (Lipinski definition) is 0. The van der Waals surface area contributed by atoms with E-state index < -0.39 is 0 Å². The molecule has 0 N–H and O–H groups in total. The van der Waals surface area contributed by atoms with Crippen molar-refractivity contribution in [2.75, 3.05) is 11.9 Å². The lowest BCUT2D eigenvalue weighted by Gasteiger charge is -2.22. The van der Waals surface area contributed by atoms with E-state index in [1.807, 2.05) is 0 Å². The summed E-state index contributed by atoms with van der Waals surface area (Å²) >= 11 is 0. The Morgan fingerprint density at radius 2 is 1.48 bits per heavy atom. The number of benzene rings is 3. The minimum atomic E-state index is 0.634. The van der Waals surface area contributed by atoms with Crippen molar-refractivity contribution in [3.63, 3.8) is 0 Å². The van der Waals surface area contributed by atoms with E-state index in [9.17, 15) is 0 Å². The van der Waals surface area contributed by atoms with Gasteiger partial charge < -0.3 is 9.32 Å². The van der Waals surface area contributed by atoms with Crippen molar-refractivity contribution in [1.29, 1.82) is 0 Å². The zero-order valence-corrected chi connectivity index (χ0v) is 17.4. The minimum Gasteiger partial charge on any atom is -0.454 e.